The molecule has 3 N–H and O–H groups in total. The molecule has 0 spiro atoms. The van der Waals surface area contributed by atoms with E-state index in [1.54, 1.807) is 7.11 Å². The Kier molecular flexibility index (Phi) is 6.68. The molecule has 1 aromatic rings. The van der Waals surface area contributed by atoms with E-state index in [2.05, 4.69) is 22.1 Å². The minimum absolute atomic E-state index is 0.483. The van der Waals surface area contributed by atoms with Gasteiger partial charge in [0.05, 0.1) is 6.61 Å². The molecule has 0 aliphatic carbocycles. The lowest BCUT2D eigenvalue weighted by Gasteiger charge is -2.30. The number of rotatable bonds is 6. The summed E-state index contributed by atoms with van der Waals surface area (Å²) >= 11 is 0. The maximum atomic E-state index is 6.04. The predicted octanol–water partition coefficient (Wildman–Crippen LogP) is 2.29. The van der Waals surface area contributed by atoms with Gasteiger partial charge >= 0.3 is 0 Å². The summed E-state index contributed by atoms with van der Waals surface area (Å²) in [6.07, 6.45) is 2.51. The molecule has 1 atom stereocenters. The van der Waals surface area contributed by atoms with Gasteiger partial charge in [-0.05, 0) is 37.9 Å². The number of piperidine rings is 1. The lowest BCUT2D eigenvalue weighted by atomic mass is 9.98. The number of guanidine groups is 1. The Morgan fingerprint density at radius 1 is 1.45 bits per heavy atom. The Morgan fingerprint density at radius 2 is 2.27 bits per heavy atom. The summed E-state index contributed by atoms with van der Waals surface area (Å²) in [6, 6.07) is 8.00. The zero-order valence-electron chi connectivity index (χ0n) is 13.7. The van der Waals surface area contributed by atoms with E-state index in [-0.39, 0.29) is 0 Å². The molecule has 0 saturated carbocycles. The molecule has 1 heterocycles. The number of likely N-dealkylation sites (tertiary alicyclic amines) is 1. The number of hydrogen-bond donors (Lipinski definition) is 2. The van der Waals surface area contributed by atoms with Crippen molar-refractivity contribution in [1.82, 2.24) is 4.90 Å². The quantitative estimate of drug-likeness (QED) is 0.625. The Hall–Kier alpha value is -1.59. The molecule has 1 saturated heterocycles. The number of benzene rings is 1. The number of nitrogens with zero attached hydrogens (tertiary/aromatic N) is 2. The summed E-state index contributed by atoms with van der Waals surface area (Å²) in [5.41, 5.74) is 8.08. The van der Waals surface area contributed by atoms with Crippen LogP contribution in [0.4, 0.5) is 5.69 Å². The molecule has 2 rings (SSSR count). The fraction of sp³-hybridized carbons (Fsp3) is 0.588. The highest BCUT2D eigenvalue weighted by Gasteiger charge is 2.18. The van der Waals surface area contributed by atoms with Gasteiger partial charge in [0.15, 0.2) is 5.96 Å². The minimum Gasteiger partial charge on any atom is -0.380 e. The van der Waals surface area contributed by atoms with Crippen molar-refractivity contribution in [3.05, 3.63) is 29.8 Å². The summed E-state index contributed by atoms with van der Waals surface area (Å²) in [6.45, 7) is 7.04. The summed E-state index contributed by atoms with van der Waals surface area (Å²) in [7, 11) is 1.69. The van der Waals surface area contributed by atoms with Gasteiger partial charge in [-0.2, -0.15) is 0 Å². The number of nitrogens with one attached hydrogen (secondary N) is 1. The molecular formula is C17H28N4O. The predicted molar refractivity (Wildman–Crippen MR) is 92.1 cm³/mol. The average Bonchev–Trinajstić information content (AvgIpc) is 2.55. The van der Waals surface area contributed by atoms with E-state index in [9.17, 15) is 0 Å². The van der Waals surface area contributed by atoms with E-state index in [1.807, 2.05) is 24.3 Å². The van der Waals surface area contributed by atoms with Gasteiger partial charge in [-0.3, -0.25) is 4.99 Å². The number of aliphatic imine (C=N–C) groups is 1. The highest BCUT2D eigenvalue weighted by Crippen LogP contribution is 2.17. The molecule has 0 amide bonds. The topological polar surface area (TPSA) is 62.9 Å². The van der Waals surface area contributed by atoms with Gasteiger partial charge in [-0.1, -0.05) is 25.1 Å². The van der Waals surface area contributed by atoms with Crippen LogP contribution in [0.25, 0.3) is 0 Å². The third-order valence-electron chi connectivity index (χ3n) is 4.15. The van der Waals surface area contributed by atoms with Crippen molar-refractivity contribution in [2.24, 2.45) is 16.6 Å². The van der Waals surface area contributed by atoms with Crippen LogP contribution in [0.3, 0.4) is 0 Å². The molecule has 1 aromatic carbocycles. The molecule has 5 nitrogen and oxygen atoms in total. The largest absolute Gasteiger partial charge is 0.380 e. The first kappa shape index (κ1) is 16.8. The summed E-state index contributed by atoms with van der Waals surface area (Å²) in [4.78, 5) is 7.02. The van der Waals surface area contributed by atoms with Crippen LogP contribution in [0, 0.1) is 5.92 Å². The number of anilines is 1. The van der Waals surface area contributed by atoms with Crippen LogP contribution in [0.1, 0.15) is 25.3 Å². The summed E-state index contributed by atoms with van der Waals surface area (Å²) < 4.78 is 5.20. The van der Waals surface area contributed by atoms with E-state index in [0.29, 0.717) is 18.5 Å². The maximum Gasteiger partial charge on any atom is 0.193 e. The molecule has 1 unspecified atom stereocenters. The van der Waals surface area contributed by atoms with Gasteiger partial charge in [-0.15, -0.1) is 0 Å². The molecular weight excluding hydrogens is 276 g/mol. The minimum atomic E-state index is 0.483. The Bertz CT molecular complexity index is 489. The van der Waals surface area contributed by atoms with Crippen molar-refractivity contribution >= 4 is 11.6 Å². The van der Waals surface area contributed by atoms with Crippen LogP contribution in [0.5, 0.6) is 0 Å². The fourth-order valence-corrected chi connectivity index (χ4v) is 2.92. The van der Waals surface area contributed by atoms with E-state index in [1.165, 1.54) is 19.4 Å². The lowest BCUT2D eigenvalue weighted by molar-refractivity contribution is 0.185. The number of hydrogen-bond acceptors (Lipinski definition) is 3. The monoisotopic (exact) mass is 304 g/mol. The van der Waals surface area contributed by atoms with Gasteiger partial charge < -0.3 is 20.7 Å². The number of nitrogens with two attached hydrogens (primary N) is 1. The number of methoxy groups -OCH3 is 1. The molecule has 0 radical (unpaired) electrons. The molecule has 22 heavy (non-hydrogen) atoms. The zero-order chi connectivity index (χ0) is 15.8. The van der Waals surface area contributed by atoms with Crippen molar-refractivity contribution in [1.29, 1.82) is 0 Å². The standard InChI is InChI=1S/C17H28N4O/c1-3-21-10-6-7-14(12-21)11-19-17(18)20-16-9-5-4-8-15(16)13-22-2/h4-5,8-9,14H,3,6-7,10-13H2,1-2H3,(H3,18,19,20). The van der Waals surface area contributed by atoms with Crippen LogP contribution in [-0.4, -0.2) is 44.1 Å². The molecule has 5 heteroatoms. The molecule has 1 fully saturated rings. The summed E-state index contributed by atoms with van der Waals surface area (Å²) in [5.74, 6) is 1.10. The lowest BCUT2D eigenvalue weighted by Crippen LogP contribution is -2.36. The molecule has 1 aliphatic heterocycles. The summed E-state index contributed by atoms with van der Waals surface area (Å²) in [5, 5.41) is 3.19. The highest BCUT2D eigenvalue weighted by molar-refractivity contribution is 5.92. The first-order valence-electron chi connectivity index (χ1n) is 8.09. The normalized spacial score (nSPS) is 20.1. The van der Waals surface area contributed by atoms with Crippen molar-refractivity contribution < 1.29 is 4.74 Å². The van der Waals surface area contributed by atoms with Crippen LogP contribution in [0.15, 0.2) is 29.3 Å². The number of para-hydroxylation sites is 1. The van der Waals surface area contributed by atoms with Gasteiger partial charge in [-0.25, -0.2) is 0 Å². The Balaban J connectivity index is 1.90. The average molecular weight is 304 g/mol. The van der Waals surface area contributed by atoms with E-state index in [4.69, 9.17) is 10.5 Å². The van der Waals surface area contributed by atoms with Crippen LogP contribution >= 0.6 is 0 Å². The second-order valence-corrected chi connectivity index (χ2v) is 5.84. The van der Waals surface area contributed by atoms with Gasteiger partial charge in [0.25, 0.3) is 0 Å². The third kappa shape index (κ3) is 5.00. The van der Waals surface area contributed by atoms with Gasteiger partial charge in [0, 0.05) is 31.5 Å². The van der Waals surface area contributed by atoms with E-state index >= 15 is 0 Å². The second-order valence-electron chi connectivity index (χ2n) is 5.84. The SMILES string of the molecule is CCN1CCCC(CN=C(N)Nc2ccccc2COC)C1. The van der Waals surface area contributed by atoms with Crippen LogP contribution in [0.2, 0.25) is 0 Å². The van der Waals surface area contributed by atoms with E-state index in [0.717, 1.165) is 30.9 Å². The van der Waals surface area contributed by atoms with E-state index < -0.39 is 0 Å². The van der Waals surface area contributed by atoms with Crippen molar-refractivity contribution in [3.8, 4) is 0 Å². The molecule has 0 bridgehead atoms. The van der Waals surface area contributed by atoms with Crippen LogP contribution in [-0.2, 0) is 11.3 Å². The first-order chi connectivity index (χ1) is 10.7. The third-order valence-corrected chi connectivity index (χ3v) is 4.15. The highest BCUT2D eigenvalue weighted by atomic mass is 16.5. The molecule has 1 aliphatic rings. The Labute approximate surface area is 133 Å². The van der Waals surface area contributed by atoms with Gasteiger partial charge in [0.2, 0.25) is 0 Å². The first-order valence-corrected chi connectivity index (χ1v) is 8.09. The number of ether oxygens (including phenoxy) is 1. The van der Waals surface area contributed by atoms with Crippen molar-refractivity contribution in [2.75, 3.05) is 38.6 Å². The zero-order valence-corrected chi connectivity index (χ0v) is 13.7. The second kappa shape index (κ2) is 8.76. The fourth-order valence-electron chi connectivity index (χ4n) is 2.92. The molecule has 122 valence electrons. The smallest absolute Gasteiger partial charge is 0.193 e. The van der Waals surface area contributed by atoms with Gasteiger partial charge in [0.1, 0.15) is 0 Å². The maximum absolute atomic E-state index is 6.04. The van der Waals surface area contributed by atoms with Crippen LogP contribution < -0.4 is 11.1 Å². The van der Waals surface area contributed by atoms with Crippen molar-refractivity contribution in [2.45, 2.75) is 26.4 Å². The molecule has 0 aromatic heterocycles. The Morgan fingerprint density at radius 3 is 3.05 bits per heavy atom. The van der Waals surface area contributed by atoms with Crippen molar-refractivity contribution in [3.63, 3.8) is 0 Å².